The molecule has 0 aromatic rings. The van der Waals surface area contributed by atoms with Gasteiger partial charge in [-0.15, -0.1) is 0 Å². The number of hydrogen-bond acceptors (Lipinski definition) is 5. The van der Waals surface area contributed by atoms with Gasteiger partial charge < -0.3 is 19.8 Å². The fourth-order valence-corrected chi connectivity index (χ4v) is 8.96. The lowest BCUT2D eigenvalue weighted by atomic mass is 10.0. The number of carbonyl (C=O) groups excluding carboxylic acids is 1. The summed E-state index contributed by atoms with van der Waals surface area (Å²) in [5, 5.41) is 13.9. The lowest BCUT2D eigenvalue weighted by molar-refractivity contribution is -0.870. The van der Waals surface area contributed by atoms with Gasteiger partial charge in [0.1, 0.15) is 13.2 Å². The van der Waals surface area contributed by atoms with Crippen molar-refractivity contribution in [2.75, 3.05) is 40.9 Å². The highest BCUT2D eigenvalue weighted by atomic mass is 31.2. The molecule has 9 heteroatoms. The summed E-state index contributed by atoms with van der Waals surface area (Å²) in [5.74, 6) is -0.172. The van der Waals surface area contributed by atoms with Crippen molar-refractivity contribution in [2.45, 2.75) is 283 Å². The summed E-state index contributed by atoms with van der Waals surface area (Å²) in [5.41, 5.74) is 0. The van der Waals surface area contributed by atoms with E-state index in [1.165, 1.54) is 218 Å². The number of rotatable bonds is 50. The van der Waals surface area contributed by atoms with E-state index in [2.05, 4.69) is 19.2 Å². The third kappa shape index (κ3) is 47.2. The van der Waals surface area contributed by atoms with Gasteiger partial charge in [0.05, 0.1) is 39.9 Å². The van der Waals surface area contributed by atoms with Crippen LogP contribution in [0.4, 0.5) is 0 Å². The minimum absolute atomic E-state index is 0.0650. The van der Waals surface area contributed by atoms with Gasteiger partial charge in [0, 0.05) is 6.42 Å². The second kappa shape index (κ2) is 45.4. The number of amides is 1. The largest absolute Gasteiger partial charge is 0.472 e. The first-order chi connectivity index (χ1) is 30.0. The Balaban J connectivity index is 4.22. The Morgan fingerprint density at radius 1 is 0.532 bits per heavy atom. The second-order valence-corrected chi connectivity index (χ2v) is 21.4. The van der Waals surface area contributed by atoms with E-state index < -0.39 is 20.0 Å². The maximum atomic E-state index is 12.9. The summed E-state index contributed by atoms with van der Waals surface area (Å²) < 4.78 is 23.7. The number of phosphoric acid groups is 1. The maximum absolute atomic E-state index is 12.9. The molecule has 62 heavy (non-hydrogen) atoms. The first-order valence-corrected chi connectivity index (χ1v) is 28.6. The van der Waals surface area contributed by atoms with Gasteiger partial charge in [-0.05, 0) is 19.3 Å². The Morgan fingerprint density at radius 3 is 1.19 bits per heavy atom. The minimum atomic E-state index is -4.34. The van der Waals surface area contributed by atoms with Crippen LogP contribution in [-0.2, 0) is 18.4 Å². The van der Waals surface area contributed by atoms with E-state index in [0.717, 1.165) is 32.1 Å². The van der Waals surface area contributed by atoms with Crippen LogP contribution in [0.15, 0.2) is 12.2 Å². The van der Waals surface area contributed by atoms with Crippen molar-refractivity contribution in [2.24, 2.45) is 0 Å². The molecule has 0 aromatic heterocycles. The summed E-state index contributed by atoms with van der Waals surface area (Å²) >= 11 is 0. The number of unbranched alkanes of at least 4 members (excludes halogenated alkanes) is 37. The zero-order valence-electron chi connectivity index (χ0n) is 42.1. The van der Waals surface area contributed by atoms with Crippen LogP contribution in [0.1, 0.15) is 271 Å². The normalized spacial score (nSPS) is 14.1. The Bertz CT molecular complexity index is 1020. The Kier molecular flexibility index (Phi) is 44.8. The van der Waals surface area contributed by atoms with Crippen LogP contribution >= 0.6 is 7.82 Å². The average Bonchev–Trinajstić information content (AvgIpc) is 3.23. The van der Waals surface area contributed by atoms with Gasteiger partial charge in [-0.2, -0.15) is 0 Å². The summed E-state index contributed by atoms with van der Waals surface area (Å²) in [7, 11) is 1.59. The fraction of sp³-hybridized carbons (Fsp3) is 0.943. The quantitative estimate of drug-likeness (QED) is 0.0243. The molecule has 1 amide bonds. The molecular formula is C53H108N2O6P+. The topological polar surface area (TPSA) is 105 Å². The molecule has 3 N–H and O–H groups in total. The minimum Gasteiger partial charge on any atom is -0.387 e. The Labute approximate surface area is 386 Å². The third-order valence-corrected chi connectivity index (χ3v) is 13.5. The van der Waals surface area contributed by atoms with Crippen molar-refractivity contribution in [3.8, 4) is 0 Å². The molecule has 0 spiro atoms. The summed E-state index contributed by atoms with van der Waals surface area (Å²) in [6.45, 7) is 4.86. The molecule has 0 aromatic carbocycles. The molecule has 0 aliphatic rings. The molecule has 0 rings (SSSR count). The van der Waals surface area contributed by atoms with Crippen molar-refractivity contribution in [1.29, 1.82) is 0 Å². The highest BCUT2D eigenvalue weighted by Gasteiger charge is 2.27. The molecule has 0 aliphatic heterocycles. The number of allylic oxidation sites excluding steroid dienone is 1. The molecule has 0 bridgehead atoms. The van der Waals surface area contributed by atoms with E-state index in [1.54, 1.807) is 6.08 Å². The van der Waals surface area contributed by atoms with Crippen LogP contribution in [0.5, 0.6) is 0 Å². The molecule has 3 unspecified atom stereocenters. The van der Waals surface area contributed by atoms with Crippen molar-refractivity contribution >= 4 is 13.7 Å². The van der Waals surface area contributed by atoms with Crippen LogP contribution in [0.25, 0.3) is 0 Å². The Morgan fingerprint density at radius 2 is 0.855 bits per heavy atom. The van der Waals surface area contributed by atoms with Crippen LogP contribution in [-0.4, -0.2) is 73.4 Å². The number of hydrogen-bond donors (Lipinski definition) is 3. The monoisotopic (exact) mass is 900 g/mol. The predicted octanol–water partition coefficient (Wildman–Crippen LogP) is 15.9. The van der Waals surface area contributed by atoms with Gasteiger partial charge in [0.25, 0.3) is 0 Å². The van der Waals surface area contributed by atoms with Crippen LogP contribution in [0.2, 0.25) is 0 Å². The number of aliphatic hydroxyl groups is 1. The van der Waals surface area contributed by atoms with Crippen LogP contribution < -0.4 is 5.32 Å². The Hall–Kier alpha value is -0.760. The molecule has 0 fully saturated rings. The number of quaternary nitrogens is 1. The summed E-state index contributed by atoms with van der Waals surface area (Å²) in [6.07, 6.45) is 54.4. The van der Waals surface area contributed by atoms with E-state index in [-0.39, 0.29) is 19.1 Å². The third-order valence-electron chi connectivity index (χ3n) is 12.5. The first-order valence-electron chi connectivity index (χ1n) is 27.1. The number of phosphoric ester groups is 1. The number of aliphatic hydroxyl groups excluding tert-OH is 1. The van der Waals surface area contributed by atoms with E-state index in [9.17, 15) is 19.4 Å². The zero-order valence-corrected chi connectivity index (χ0v) is 43.0. The molecule has 370 valence electrons. The van der Waals surface area contributed by atoms with Gasteiger partial charge in [-0.3, -0.25) is 13.8 Å². The van der Waals surface area contributed by atoms with Crippen molar-refractivity contribution < 1.29 is 32.9 Å². The number of nitrogens with one attached hydrogen (secondary N) is 1. The number of nitrogens with zero attached hydrogens (tertiary/aromatic N) is 1. The number of likely N-dealkylation sites (N-methyl/N-ethyl adjacent to an activating group) is 1. The van der Waals surface area contributed by atoms with Gasteiger partial charge in [-0.1, -0.05) is 257 Å². The predicted molar refractivity (Wildman–Crippen MR) is 268 cm³/mol. The van der Waals surface area contributed by atoms with Gasteiger partial charge in [0.2, 0.25) is 5.91 Å². The zero-order chi connectivity index (χ0) is 45.7. The molecule has 0 radical (unpaired) electrons. The number of carbonyl (C=O) groups is 1. The molecule has 0 aliphatic carbocycles. The molecular weight excluding hydrogens is 792 g/mol. The van der Waals surface area contributed by atoms with E-state index >= 15 is 0 Å². The van der Waals surface area contributed by atoms with E-state index in [1.807, 2.05) is 27.2 Å². The van der Waals surface area contributed by atoms with Gasteiger partial charge >= 0.3 is 7.82 Å². The summed E-state index contributed by atoms with van der Waals surface area (Å²) in [6, 6.07) is -0.841. The highest BCUT2D eigenvalue weighted by molar-refractivity contribution is 7.47. The van der Waals surface area contributed by atoms with E-state index in [0.29, 0.717) is 17.4 Å². The molecule has 0 heterocycles. The lowest BCUT2D eigenvalue weighted by Crippen LogP contribution is -2.45. The maximum Gasteiger partial charge on any atom is 0.472 e. The molecule has 0 saturated carbocycles. The fourth-order valence-electron chi connectivity index (χ4n) is 8.22. The van der Waals surface area contributed by atoms with Crippen molar-refractivity contribution in [3.63, 3.8) is 0 Å². The lowest BCUT2D eigenvalue weighted by Gasteiger charge is -2.25. The summed E-state index contributed by atoms with van der Waals surface area (Å²) in [4.78, 5) is 23.2. The van der Waals surface area contributed by atoms with Crippen LogP contribution in [0.3, 0.4) is 0 Å². The van der Waals surface area contributed by atoms with E-state index in [4.69, 9.17) is 9.05 Å². The van der Waals surface area contributed by atoms with Crippen LogP contribution in [0, 0.1) is 0 Å². The average molecular weight is 900 g/mol. The molecule has 0 saturated heterocycles. The highest BCUT2D eigenvalue weighted by Crippen LogP contribution is 2.43. The molecule has 3 atom stereocenters. The van der Waals surface area contributed by atoms with Gasteiger partial charge in [0.15, 0.2) is 0 Å². The second-order valence-electron chi connectivity index (χ2n) is 20.0. The van der Waals surface area contributed by atoms with Crippen molar-refractivity contribution in [3.05, 3.63) is 12.2 Å². The first kappa shape index (κ1) is 61.2. The SMILES string of the molecule is CCCCCCCCCCCCCCCCCCCCCCCC/C=C/C(O)C(COP(=O)(O)OCC[N+](C)(C)C)NC(=O)CCCCCCCCCCCCCCCCCC. The molecule has 8 nitrogen and oxygen atoms in total. The standard InChI is InChI=1S/C53H107N2O6P/c1-6-8-10-12-14-16-18-20-22-24-25-26-27-28-29-30-31-32-34-36-38-40-42-44-46-52(56)51(50-61-62(58,59)60-49-48-55(3,4)5)54-53(57)47-45-43-41-39-37-35-33-23-21-19-17-15-13-11-9-7-2/h44,46,51-52,56H,6-43,45,47-50H2,1-5H3,(H-,54,57,58,59)/p+1/b46-44+. The smallest absolute Gasteiger partial charge is 0.387 e. The van der Waals surface area contributed by atoms with Gasteiger partial charge in [-0.25, -0.2) is 4.57 Å². The van der Waals surface area contributed by atoms with Crippen molar-refractivity contribution in [1.82, 2.24) is 5.32 Å².